The van der Waals surface area contributed by atoms with E-state index in [9.17, 15) is 27.2 Å². The minimum atomic E-state index is -4.79. The summed E-state index contributed by atoms with van der Waals surface area (Å²) in [5, 5.41) is 2.51. The maximum absolute atomic E-state index is 14.2. The number of methoxy groups -OCH3 is 1. The highest BCUT2D eigenvalue weighted by Gasteiger charge is 2.65. The topological polar surface area (TPSA) is 86.8 Å². The van der Waals surface area contributed by atoms with Gasteiger partial charge in [-0.25, -0.2) is 14.2 Å². The number of nitrogens with zero attached hydrogens (tertiary/aromatic N) is 1. The van der Waals surface area contributed by atoms with E-state index >= 15 is 0 Å². The summed E-state index contributed by atoms with van der Waals surface area (Å²) in [4.78, 5) is 28.9. The number of alkyl halides is 3. The molecule has 1 aromatic heterocycles. The van der Waals surface area contributed by atoms with Crippen molar-refractivity contribution >= 4 is 17.6 Å². The van der Waals surface area contributed by atoms with Crippen LogP contribution in [0.4, 0.5) is 23.2 Å². The van der Waals surface area contributed by atoms with E-state index in [2.05, 4.69) is 15.0 Å². The van der Waals surface area contributed by atoms with Crippen LogP contribution in [0.3, 0.4) is 0 Å². The van der Waals surface area contributed by atoms with Gasteiger partial charge in [0.1, 0.15) is 23.4 Å². The number of nitrogens with one attached hydrogen (secondary N) is 1. The first-order chi connectivity index (χ1) is 16.9. The fourth-order valence-electron chi connectivity index (χ4n) is 4.51. The van der Waals surface area contributed by atoms with Gasteiger partial charge in [-0.3, -0.25) is 4.79 Å². The highest BCUT2D eigenvalue weighted by molar-refractivity contribution is 5.96. The lowest BCUT2D eigenvalue weighted by atomic mass is 9.77. The number of benzene rings is 1. The van der Waals surface area contributed by atoms with Crippen molar-refractivity contribution in [2.75, 3.05) is 12.4 Å². The number of amides is 1. The molecule has 2 fully saturated rings. The molecule has 1 N–H and O–H groups in total. The van der Waals surface area contributed by atoms with Crippen molar-refractivity contribution in [2.24, 2.45) is 5.92 Å². The Kier molecular flexibility index (Phi) is 6.96. The maximum Gasteiger partial charge on any atom is 0.417 e. The van der Waals surface area contributed by atoms with Gasteiger partial charge in [-0.05, 0) is 44.4 Å². The molecule has 1 aliphatic carbocycles. The van der Waals surface area contributed by atoms with Crippen LogP contribution in [0, 0.1) is 11.7 Å². The van der Waals surface area contributed by atoms with Gasteiger partial charge in [0.05, 0.1) is 13.2 Å². The molecule has 7 nitrogen and oxygen atoms in total. The Balaban J connectivity index is 1.71. The van der Waals surface area contributed by atoms with Gasteiger partial charge >= 0.3 is 12.1 Å². The first kappa shape index (κ1) is 25.9. The van der Waals surface area contributed by atoms with E-state index in [1.807, 2.05) is 0 Å². The highest BCUT2D eigenvalue weighted by atomic mass is 19.4. The van der Waals surface area contributed by atoms with Crippen LogP contribution in [0.2, 0.25) is 0 Å². The Hall–Kier alpha value is -3.21. The third kappa shape index (κ3) is 4.76. The van der Waals surface area contributed by atoms with Crippen LogP contribution >= 0.6 is 0 Å². The van der Waals surface area contributed by atoms with Crippen LogP contribution in [-0.2, 0) is 14.3 Å². The molecule has 0 bridgehead atoms. The fraction of sp³-hybridized carbons (Fsp3) is 0.480. The predicted octanol–water partition coefficient (Wildman–Crippen LogP) is 5.02. The minimum Gasteiger partial charge on any atom is -0.490 e. The van der Waals surface area contributed by atoms with Crippen molar-refractivity contribution in [3.8, 4) is 5.75 Å². The standard InChI is InChI=1S/C25H26F4N2O5/c1-13-20(17-8-7-14(26)11-19(17)35-16-5-4-6-16)21(36-24(13,2)25(27,28)29)22(32)31-15-9-10-30-18(12-15)23(33)34-3/h7-13,16,20-21H,4-6H2,1-3H3,(H,30,31,32)/t13-,20-,21+,24+/m0/s1. The second-order valence-corrected chi connectivity index (χ2v) is 9.22. The van der Waals surface area contributed by atoms with E-state index in [-0.39, 0.29) is 28.8 Å². The van der Waals surface area contributed by atoms with Crippen molar-refractivity contribution in [1.29, 1.82) is 0 Å². The number of hydrogen-bond donors (Lipinski definition) is 1. The molecule has 1 saturated carbocycles. The van der Waals surface area contributed by atoms with Crippen molar-refractivity contribution in [3.05, 3.63) is 53.6 Å². The molecule has 2 heterocycles. The predicted molar refractivity (Wildman–Crippen MR) is 120 cm³/mol. The average molecular weight is 510 g/mol. The maximum atomic E-state index is 14.2. The zero-order valence-corrected chi connectivity index (χ0v) is 19.9. The summed E-state index contributed by atoms with van der Waals surface area (Å²) in [6, 6.07) is 6.22. The van der Waals surface area contributed by atoms with Crippen LogP contribution in [0.25, 0.3) is 0 Å². The molecule has 4 atom stereocenters. The van der Waals surface area contributed by atoms with Crippen LogP contribution in [0.15, 0.2) is 36.5 Å². The fourth-order valence-corrected chi connectivity index (χ4v) is 4.51. The molecule has 1 aliphatic heterocycles. The van der Waals surface area contributed by atoms with Crippen LogP contribution in [0.5, 0.6) is 5.75 Å². The lowest BCUT2D eigenvalue weighted by Gasteiger charge is -2.32. The number of carbonyl (C=O) groups is 2. The number of carbonyl (C=O) groups excluding carboxylic acids is 2. The van der Waals surface area contributed by atoms with Crippen LogP contribution < -0.4 is 10.1 Å². The number of halogens is 4. The van der Waals surface area contributed by atoms with Crippen molar-refractivity contribution in [1.82, 2.24) is 4.98 Å². The molecule has 2 aliphatic rings. The van der Waals surface area contributed by atoms with Gasteiger partial charge in [0.25, 0.3) is 5.91 Å². The summed E-state index contributed by atoms with van der Waals surface area (Å²) >= 11 is 0. The molecule has 2 aromatic rings. The SMILES string of the molecule is COC(=O)c1cc(NC(=O)[C@@H]2O[C@@](C)(C(F)(F)F)[C@@H](C)[C@H]2c2ccc(F)cc2OC2CCC2)ccn1. The Morgan fingerprint density at radius 2 is 1.92 bits per heavy atom. The van der Waals surface area contributed by atoms with Crippen molar-refractivity contribution in [3.63, 3.8) is 0 Å². The Morgan fingerprint density at radius 1 is 1.19 bits per heavy atom. The smallest absolute Gasteiger partial charge is 0.417 e. The summed E-state index contributed by atoms with van der Waals surface area (Å²) < 4.78 is 72.6. The summed E-state index contributed by atoms with van der Waals surface area (Å²) in [6.45, 7) is 2.25. The Morgan fingerprint density at radius 3 is 2.53 bits per heavy atom. The number of aromatic nitrogens is 1. The summed E-state index contributed by atoms with van der Waals surface area (Å²) in [5.41, 5.74) is -2.37. The van der Waals surface area contributed by atoms with Crippen molar-refractivity contribution < 1.29 is 41.4 Å². The summed E-state index contributed by atoms with van der Waals surface area (Å²) in [5.74, 6) is -4.43. The van der Waals surface area contributed by atoms with E-state index < -0.39 is 47.4 Å². The molecule has 194 valence electrons. The van der Waals surface area contributed by atoms with E-state index in [0.29, 0.717) is 0 Å². The second kappa shape index (κ2) is 9.68. The van der Waals surface area contributed by atoms with E-state index in [4.69, 9.17) is 9.47 Å². The molecule has 0 radical (unpaired) electrons. The van der Waals surface area contributed by atoms with Crippen molar-refractivity contribution in [2.45, 2.75) is 63.0 Å². The number of hydrogen-bond acceptors (Lipinski definition) is 6. The third-order valence-corrected chi connectivity index (χ3v) is 7.03. The number of anilines is 1. The molecular weight excluding hydrogens is 484 g/mol. The molecule has 1 amide bonds. The first-order valence-corrected chi connectivity index (χ1v) is 11.5. The largest absolute Gasteiger partial charge is 0.490 e. The molecule has 36 heavy (non-hydrogen) atoms. The molecular formula is C25H26F4N2O5. The van der Waals surface area contributed by atoms with Gasteiger partial charge in [0, 0.05) is 35.3 Å². The normalized spacial score (nSPS) is 26.2. The average Bonchev–Trinajstić information content (AvgIpc) is 3.08. The first-order valence-electron chi connectivity index (χ1n) is 11.5. The molecule has 0 unspecified atom stereocenters. The Labute approximate surface area is 205 Å². The van der Waals surface area contributed by atoms with Gasteiger partial charge in [0.2, 0.25) is 0 Å². The van der Waals surface area contributed by atoms with E-state index in [1.165, 1.54) is 31.3 Å². The van der Waals surface area contributed by atoms with Crippen LogP contribution in [0.1, 0.15) is 55.1 Å². The number of esters is 1. The molecule has 11 heteroatoms. The zero-order chi connectivity index (χ0) is 26.3. The molecule has 4 rings (SSSR count). The van der Waals surface area contributed by atoms with Gasteiger partial charge in [-0.1, -0.05) is 13.0 Å². The van der Waals surface area contributed by atoms with E-state index in [0.717, 1.165) is 45.4 Å². The number of ether oxygens (including phenoxy) is 3. The van der Waals surface area contributed by atoms with Gasteiger partial charge < -0.3 is 19.5 Å². The monoisotopic (exact) mass is 510 g/mol. The Bertz CT molecular complexity index is 1150. The number of rotatable bonds is 6. The van der Waals surface area contributed by atoms with Crippen LogP contribution in [-0.4, -0.2) is 48.0 Å². The highest BCUT2D eigenvalue weighted by Crippen LogP contribution is 2.55. The third-order valence-electron chi connectivity index (χ3n) is 7.03. The summed E-state index contributed by atoms with van der Waals surface area (Å²) in [7, 11) is 1.16. The zero-order valence-electron chi connectivity index (χ0n) is 19.9. The quantitative estimate of drug-likeness (QED) is 0.434. The molecule has 0 spiro atoms. The lowest BCUT2D eigenvalue weighted by Crippen LogP contribution is -2.47. The second-order valence-electron chi connectivity index (χ2n) is 9.22. The van der Waals surface area contributed by atoms with E-state index in [1.54, 1.807) is 0 Å². The lowest BCUT2D eigenvalue weighted by molar-refractivity contribution is -0.272. The van der Waals surface area contributed by atoms with Gasteiger partial charge in [-0.15, -0.1) is 0 Å². The van der Waals surface area contributed by atoms with Gasteiger partial charge in [-0.2, -0.15) is 13.2 Å². The summed E-state index contributed by atoms with van der Waals surface area (Å²) in [6.07, 6.45) is -2.85. The minimum absolute atomic E-state index is 0.0950. The number of pyridine rings is 1. The molecule has 1 aromatic carbocycles. The van der Waals surface area contributed by atoms with Gasteiger partial charge in [0.15, 0.2) is 5.60 Å². The molecule has 1 saturated heterocycles.